The Morgan fingerprint density at radius 3 is 2.48 bits per heavy atom. The third kappa shape index (κ3) is 5.77. The molecule has 250 valence electrons. The van der Waals surface area contributed by atoms with Crippen molar-refractivity contribution in [1.82, 2.24) is 24.8 Å². The van der Waals surface area contributed by atoms with Crippen LogP contribution in [0.3, 0.4) is 0 Å². The number of amides is 1. The molecule has 4 aromatic rings. The van der Waals surface area contributed by atoms with Gasteiger partial charge in [-0.2, -0.15) is 9.97 Å². The van der Waals surface area contributed by atoms with Crippen molar-refractivity contribution in [2.24, 2.45) is 5.41 Å². The number of hydrogen-bond acceptors (Lipinski definition) is 8. The lowest BCUT2D eigenvalue weighted by Crippen LogP contribution is -2.61. The molecule has 1 amide bonds. The molecule has 4 saturated heterocycles. The summed E-state index contributed by atoms with van der Waals surface area (Å²) < 4.78 is 28.8. The molecule has 4 aliphatic rings. The quantitative estimate of drug-likeness (QED) is 0.222. The highest BCUT2D eigenvalue weighted by Crippen LogP contribution is 2.43. The third-order valence-electron chi connectivity index (χ3n) is 10.9. The number of anilines is 1. The summed E-state index contributed by atoms with van der Waals surface area (Å²) in [4.78, 5) is 33.0. The molecule has 1 spiro atoms. The highest BCUT2D eigenvalue weighted by Gasteiger charge is 2.46. The second-order valence-electron chi connectivity index (χ2n) is 13.7. The van der Waals surface area contributed by atoms with E-state index in [-0.39, 0.29) is 34.6 Å². The van der Waals surface area contributed by atoms with E-state index in [0.29, 0.717) is 27.8 Å². The van der Waals surface area contributed by atoms with Crippen LogP contribution in [0.2, 0.25) is 5.02 Å². The largest absolute Gasteiger partial charge is 0.460 e. The molecule has 11 heteroatoms. The van der Waals surface area contributed by atoms with E-state index in [9.17, 15) is 4.79 Å². The Labute approximate surface area is 284 Å². The standard InChI is InChI=1S/C37H40ClFN6O3/c1-2-30(46)45-22-37(23-45)13-17-44(18-14-37)35-28-21-40-33(27-7-3-5-24-6-4-8-29(38)31(24)27)32(39)34(28)41-36(42-35)48-26-9-15-43(16-10-26)25-11-19-47-20-12-25/h2-8,21,25-26H,1,9-20,22-23H2. The second kappa shape index (κ2) is 12.9. The average molecular weight is 671 g/mol. The maximum absolute atomic E-state index is 16.8. The van der Waals surface area contributed by atoms with Crippen LogP contribution in [0.15, 0.2) is 55.3 Å². The van der Waals surface area contributed by atoms with Crippen molar-refractivity contribution < 1.29 is 18.7 Å². The number of carbonyl (C=O) groups excluding carboxylic acids is 1. The van der Waals surface area contributed by atoms with E-state index in [1.807, 2.05) is 41.3 Å². The Balaban J connectivity index is 1.11. The summed E-state index contributed by atoms with van der Waals surface area (Å²) in [6, 6.07) is 12.1. The fourth-order valence-corrected chi connectivity index (χ4v) is 8.40. The molecule has 9 nitrogen and oxygen atoms in total. The number of benzene rings is 2. The van der Waals surface area contributed by atoms with Gasteiger partial charge in [-0.1, -0.05) is 48.5 Å². The number of nitrogens with zero attached hydrogens (tertiary/aromatic N) is 6. The Hall–Kier alpha value is -3.86. The molecular weight excluding hydrogens is 631 g/mol. The zero-order chi connectivity index (χ0) is 32.8. The van der Waals surface area contributed by atoms with Gasteiger partial charge in [0.05, 0.1) is 5.39 Å². The van der Waals surface area contributed by atoms with Gasteiger partial charge in [-0.05, 0) is 56.1 Å². The van der Waals surface area contributed by atoms with Gasteiger partial charge >= 0.3 is 6.01 Å². The van der Waals surface area contributed by atoms with Gasteiger partial charge in [0.15, 0.2) is 5.82 Å². The Morgan fingerprint density at radius 1 is 1.02 bits per heavy atom. The molecule has 0 aliphatic carbocycles. The molecule has 0 atom stereocenters. The highest BCUT2D eigenvalue weighted by molar-refractivity contribution is 6.36. The Bertz CT molecular complexity index is 1850. The number of rotatable bonds is 6. The normalized spacial score (nSPS) is 20.7. The lowest BCUT2D eigenvalue weighted by Gasteiger charge is -2.53. The van der Waals surface area contributed by atoms with Gasteiger partial charge < -0.3 is 19.3 Å². The molecular formula is C37H40ClFN6O3. The van der Waals surface area contributed by atoms with E-state index < -0.39 is 5.82 Å². The molecule has 0 N–H and O–H groups in total. The first kappa shape index (κ1) is 31.4. The monoisotopic (exact) mass is 670 g/mol. The van der Waals surface area contributed by atoms with E-state index in [2.05, 4.69) is 21.4 Å². The summed E-state index contributed by atoms with van der Waals surface area (Å²) in [5.74, 6) is 0.0978. The van der Waals surface area contributed by atoms with Crippen LogP contribution in [-0.4, -0.2) is 95.3 Å². The van der Waals surface area contributed by atoms with Crippen molar-refractivity contribution in [3.8, 4) is 17.3 Å². The van der Waals surface area contributed by atoms with E-state index >= 15 is 4.39 Å². The predicted octanol–water partition coefficient (Wildman–Crippen LogP) is 6.27. The molecule has 0 bridgehead atoms. The van der Waals surface area contributed by atoms with Gasteiger partial charge in [0.2, 0.25) is 5.91 Å². The average Bonchev–Trinajstić information content (AvgIpc) is 3.11. The van der Waals surface area contributed by atoms with Crippen molar-refractivity contribution >= 4 is 45.0 Å². The number of carbonyl (C=O) groups is 1. The maximum atomic E-state index is 16.8. The van der Waals surface area contributed by atoms with Gasteiger partial charge in [-0.3, -0.25) is 14.7 Å². The summed E-state index contributed by atoms with van der Waals surface area (Å²) in [5.41, 5.74) is 1.10. The molecule has 48 heavy (non-hydrogen) atoms. The van der Waals surface area contributed by atoms with Crippen LogP contribution in [0, 0.1) is 11.2 Å². The van der Waals surface area contributed by atoms with Crippen LogP contribution in [0.1, 0.15) is 38.5 Å². The number of piperidine rings is 2. The SMILES string of the molecule is C=CC(=O)N1CC2(CCN(c3nc(OC4CCN(C5CCOCC5)CC4)nc4c(F)c(-c5cccc6cccc(Cl)c56)ncc34)CC2)C1. The number of pyridine rings is 1. The highest BCUT2D eigenvalue weighted by atomic mass is 35.5. The van der Waals surface area contributed by atoms with Crippen LogP contribution in [0.4, 0.5) is 10.2 Å². The maximum Gasteiger partial charge on any atom is 0.319 e. The number of likely N-dealkylation sites (tertiary alicyclic amines) is 2. The van der Waals surface area contributed by atoms with Crippen molar-refractivity contribution in [2.45, 2.75) is 50.7 Å². The fraction of sp³-hybridized carbons (Fsp3) is 0.459. The number of aromatic nitrogens is 3. The molecule has 2 aromatic heterocycles. The van der Waals surface area contributed by atoms with Crippen LogP contribution < -0.4 is 9.64 Å². The van der Waals surface area contributed by atoms with Crippen LogP contribution in [0.5, 0.6) is 6.01 Å². The smallest absolute Gasteiger partial charge is 0.319 e. The van der Waals surface area contributed by atoms with Crippen molar-refractivity contribution in [1.29, 1.82) is 0 Å². The summed E-state index contributed by atoms with van der Waals surface area (Å²) in [5, 5.41) is 2.75. The van der Waals surface area contributed by atoms with Gasteiger partial charge in [0, 0.05) is 86.1 Å². The summed E-state index contributed by atoms with van der Waals surface area (Å²) in [6.45, 7) is 10.1. The molecule has 4 fully saturated rings. The number of halogens is 2. The van der Waals surface area contributed by atoms with Gasteiger partial charge in [-0.25, -0.2) is 4.39 Å². The predicted molar refractivity (Wildman–Crippen MR) is 185 cm³/mol. The molecule has 6 heterocycles. The summed E-state index contributed by atoms with van der Waals surface area (Å²) in [7, 11) is 0. The van der Waals surface area contributed by atoms with Gasteiger partial charge in [0.1, 0.15) is 23.1 Å². The number of hydrogen-bond donors (Lipinski definition) is 0. The lowest BCUT2D eigenvalue weighted by molar-refractivity contribution is -0.139. The minimum atomic E-state index is -0.520. The number of ether oxygens (including phenoxy) is 2. The van der Waals surface area contributed by atoms with Crippen molar-refractivity contribution in [3.05, 3.63) is 66.1 Å². The fourth-order valence-electron chi connectivity index (χ4n) is 8.11. The minimum Gasteiger partial charge on any atom is -0.460 e. The summed E-state index contributed by atoms with van der Waals surface area (Å²) in [6.07, 6.45) is 8.68. The van der Waals surface area contributed by atoms with E-state index in [0.717, 1.165) is 102 Å². The van der Waals surface area contributed by atoms with E-state index in [4.69, 9.17) is 31.0 Å². The lowest BCUT2D eigenvalue weighted by atomic mass is 9.72. The summed E-state index contributed by atoms with van der Waals surface area (Å²) >= 11 is 6.64. The number of fused-ring (bicyclic) bond motifs is 2. The van der Waals surface area contributed by atoms with Gasteiger partial charge in [-0.15, -0.1) is 0 Å². The molecule has 2 aromatic carbocycles. The zero-order valence-corrected chi connectivity index (χ0v) is 27.8. The Morgan fingerprint density at radius 2 is 1.75 bits per heavy atom. The molecule has 4 aliphatic heterocycles. The van der Waals surface area contributed by atoms with Crippen LogP contribution in [0.25, 0.3) is 32.9 Å². The molecule has 8 rings (SSSR count). The second-order valence-corrected chi connectivity index (χ2v) is 14.1. The molecule has 0 unspecified atom stereocenters. The minimum absolute atomic E-state index is 0.0185. The first-order valence-corrected chi connectivity index (χ1v) is 17.5. The first-order valence-electron chi connectivity index (χ1n) is 17.1. The van der Waals surface area contributed by atoms with Crippen LogP contribution >= 0.6 is 11.6 Å². The van der Waals surface area contributed by atoms with Crippen molar-refractivity contribution in [3.63, 3.8) is 0 Å². The van der Waals surface area contributed by atoms with Crippen LogP contribution in [-0.2, 0) is 9.53 Å². The van der Waals surface area contributed by atoms with E-state index in [1.165, 1.54) is 6.08 Å². The van der Waals surface area contributed by atoms with Gasteiger partial charge in [0.25, 0.3) is 0 Å². The molecule has 0 radical (unpaired) electrons. The molecule has 0 saturated carbocycles. The topological polar surface area (TPSA) is 83.9 Å². The first-order chi connectivity index (χ1) is 23.4. The zero-order valence-electron chi connectivity index (χ0n) is 27.0. The Kier molecular flexibility index (Phi) is 8.42. The van der Waals surface area contributed by atoms with Crippen molar-refractivity contribution in [2.75, 3.05) is 57.4 Å². The van der Waals surface area contributed by atoms with E-state index in [1.54, 1.807) is 6.20 Å². The third-order valence-corrected chi connectivity index (χ3v) is 11.2.